The Labute approximate surface area is 137 Å². The van der Waals surface area contributed by atoms with Crippen molar-refractivity contribution in [3.63, 3.8) is 0 Å². The van der Waals surface area contributed by atoms with Crippen LogP contribution in [0.4, 0.5) is 0 Å². The maximum Gasteiger partial charge on any atom is 0.227 e. The van der Waals surface area contributed by atoms with Gasteiger partial charge in [-0.05, 0) is 26.7 Å². The number of nitrogens with one attached hydrogen (secondary N) is 1. The van der Waals surface area contributed by atoms with Crippen LogP contribution >= 0.6 is 0 Å². The first-order valence-electron chi connectivity index (χ1n) is 8.19. The second kappa shape index (κ2) is 6.72. The van der Waals surface area contributed by atoms with E-state index < -0.39 is 0 Å². The third kappa shape index (κ3) is 4.33. The molecule has 1 saturated heterocycles. The Morgan fingerprint density at radius 1 is 1.26 bits per heavy atom. The molecule has 1 aromatic rings. The highest BCUT2D eigenvalue weighted by atomic mass is 16.5. The van der Waals surface area contributed by atoms with E-state index in [1.807, 2.05) is 39.5 Å². The zero-order valence-corrected chi connectivity index (χ0v) is 14.7. The summed E-state index contributed by atoms with van der Waals surface area (Å²) in [6.45, 7) is 10.9. The first-order valence-corrected chi connectivity index (χ1v) is 8.19. The molecule has 128 valence electrons. The first-order chi connectivity index (χ1) is 10.7. The lowest BCUT2D eigenvalue weighted by Gasteiger charge is -2.36. The summed E-state index contributed by atoms with van der Waals surface area (Å²) in [5.74, 6) is 0.862. The van der Waals surface area contributed by atoms with E-state index in [0.717, 1.165) is 24.1 Å². The van der Waals surface area contributed by atoms with Gasteiger partial charge in [-0.25, -0.2) is 0 Å². The number of carbonyl (C=O) groups is 2. The molecule has 1 N–H and O–H groups in total. The highest BCUT2D eigenvalue weighted by Gasteiger charge is 2.30. The lowest BCUT2D eigenvalue weighted by Crippen LogP contribution is -2.49. The van der Waals surface area contributed by atoms with E-state index >= 15 is 0 Å². The number of likely N-dealkylation sites (tertiary alicyclic amines) is 1. The molecule has 2 amide bonds. The van der Waals surface area contributed by atoms with Gasteiger partial charge in [-0.1, -0.05) is 25.9 Å². The fraction of sp³-hybridized carbons (Fsp3) is 0.706. The van der Waals surface area contributed by atoms with Crippen LogP contribution in [0.5, 0.6) is 0 Å². The van der Waals surface area contributed by atoms with Gasteiger partial charge in [0.05, 0.1) is 12.1 Å². The quantitative estimate of drug-likeness (QED) is 0.924. The summed E-state index contributed by atoms with van der Waals surface area (Å²) >= 11 is 0. The molecule has 0 saturated carbocycles. The van der Waals surface area contributed by atoms with Crippen molar-refractivity contribution in [3.8, 4) is 0 Å². The largest absolute Gasteiger partial charge is 0.361 e. The number of hydrogen-bond acceptors (Lipinski definition) is 4. The minimum atomic E-state index is -0.348. The molecule has 0 spiro atoms. The van der Waals surface area contributed by atoms with Gasteiger partial charge in [0.1, 0.15) is 5.76 Å². The highest BCUT2D eigenvalue weighted by Crippen LogP contribution is 2.21. The van der Waals surface area contributed by atoms with Gasteiger partial charge in [-0.3, -0.25) is 9.59 Å². The molecule has 0 unspecified atom stereocenters. The number of carbonyl (C=O) groups excluding carboxylic acids is 2. The number of aromatic nitrogens is 1. The van der Waals surface area contributed by atoms with Crippen LogP contribution in [-0.4, -0.2) is 41.0 Å². The number of piperidine rings is 1. The molecule has 0 radical (unpaired) electrons. The van der Waals surface area contributed by atoms with E-state index in [1.54, 1.807) is 0 Å². The van der Waals surface area contributed by atoms with Gasteiger partial charge in [0.15, 0.2) is 0 Å². The van der Waals surface area contributed by atoms with Crippen LogP contribution in [0, 0.1) is 19.3 Å². The van der Waals surface area contributed by atoms with E-state index in [2.05, 4.69) is 10.5 Å². The van der Waals surface area contributed by atoms with E-state index in [4.69, 9.17) is 4.52 Å². The smallest absolute Gasteiger partial charge is 0.227 e. The summed E-state index contributed by atoms with van der Waals surface area (Å²) in [4.78, 5) is 26.4. The van der Waals surface area contributed by atoms with Crippen molar-refractivity contribution >= 4 is 11.8 Å². The molecule has 2 rings (SSSR count). The fourth-order valence-electron chi connectivity index (χ4n) is 2.89. The third-order valence-electron chi connectivity index (χ3n) is 4.31. The predicted octanol–water partition coefficient (Wildman–Crippen LogP) is 1.99. The average Bonchev–Trinajstić information content (AvgIpc) is 2.78. The van der Waals surface area contributed by atoms with Crippen molar-refractivity contribution < 1.29 is 14.1 Å². The van der Waals surface area contributed by atoms with Gasteiger partial charge < -0.3 is 14.7 Å². The molecule has 1 aromatic heterocycles. The van der Waals surface area contributed by atoms with Gasteiger partial charge in [0, 0.05) is 30.1 Å². The van der Waals surface area contributed by atoms with E-state index in [-0.39, 0.29) is 23.3 Å². The van der Waals surface area contributed by atoms with Gasteiger partial charge in [-0.15, -0.1) is 0 Å². The Morgan fingerprint density at radius 3 is 2.35 bits per heavy atom. The molecular weight excluding hydrogens is 294 g/mol. The Bertz CT molecular complexity index is 559. The molecule has 23 heavy (non-hydrogen) atoms. The van der Waals surface area contributed by atoms with Crippen LogP contribution in [0.2, 0.25) is 0 Å². The number of amides is 2. The van der Waals surface area contributed by atoms with E-state index in [1.165, 1.54) is 0 Å². The standard InChI is InChI=1S/C17H27N3O3/c1-11-14(12(2)23-19-11)10-15(21)18-13-6-8-20(9-7-13)16(22)17(3,4)5/h13H,6-10H2,1-5H3,(H,18,21). The normalized spacial score (nSPS) is 16.5. The lowest BCUT2D eigenvalue weighted by atomic mass is 9.93. The van der Waals surface area contributed by atoms with E-state index in [9.17, 15) is 9.59 Å². The maximum atomic E-state index is 12.3. The Balaban J connectivity index is 1.82. The van der Waals surface area contributed by atoms with Crippen molar-refractivity contribution in [2.45, 2.75) is 59.9 Å². The minimum absolute atomic E-state index is 0.0139. The summed E-state index contributed by atoms with van der Waals surface area (Å²) in [6.07, 6.45) is 1.90. The summed E-state index contributed by atoms with van der Waals surface area (Å²) in [5.41, 5.74) is 1.28. The van der Waals surface area contributed by atoms with Crippen molar-refractivity contribution in [1.82, 2.24) is 15.4 Å². The maximum absolute atomic E-state index is 12.3. The number of aryl methyl sites for hydroxylation is 2. The number of hydrogen-bond donors (Lipinski definition) is 1. The monoisotopic (exact) mass is 321 g/mol. The Hall–Kier alpha value is -1.85. The van der Waals surface area contributed by atoms with Crippen LogP contribution < -0.4 is 5.32 Å². The molecule has 1 aliphatic rings. The highest BCUT2D eigenvalue weighted by molar-refractivity contribution is 5.82. The lowest BCUT2D eigenvalue weighted by molar-refractivity contribution is -0.140. The SMILES string of the molecule is Cc1noc(C)c1CC(=O)NC1CCN(C(=O)C(C)(C)C)CC1. The molecule has 0 aromatic carbocycles. The van der Waals surface area contributed by atoms with Gasteiger partial charge >= 0.3 is 0 Å². The molecule has 2 heterocycles. The van der Waals surface area contributed by atoms with Crippen LogP contribution in [0.3, 0.4) is 0 Å². The van der Waals surface area contributed by atoms with Gasteiger partial charge in [0.25, 0.3) is 0 Å². The van der Waals surface area contributed by atoms with Gasteiger partial charge in [0.2, 0.25) is 11.8 Å². The summed E-state index contributed by atoms with van der Waals surface area (Å²) in [6, 6.07) is 0.131. The second-order valence-electron chi connectivity index (χ2n) is 7.36. The van der Waals surface area contributed by atoms with Crippen LogP contribution in [0.15, 0.2) is 4.52 Å². The Morgan fingerprint density at radius 2 is 1.87 bits per heavy atom. The van der Waals surface area contributed by atoms with E-state index in [0.29, 0.717) is 25.3 Å². The van der Waals surface area contributed by atoms with Gasteiger partial charge in [-0.2, -0.15) is 0 Å². The van der Waals surface area contributed by atoms with Crippen molar-refractivity contribution in [1.29, 1.82) is 0 Å². The zero-order valence-electron chi connectivity index (χ0n) is 14.7. The molecule has 6 nitrogen and oxygen atoms in total. The second-order valence-corrected chi connectivity index (χ2v) is 7.36. The van der Waals surface area contributed by atoms with Crippen molar-refractivity contribution in [3.05, 3.63) is 17.0 Å². The average molecular weight is 321 g/mol. The topological polar surface area (TPSA) is 75.4 Å². The summed E-state index contributed by atoms with van der Waals surface area (Å²) in [7, 11) is 0. The van der Waals surface area contributed by atoms with Crippen molar-refractivity contribution in [2.24, 2.45) is 5.41 Å². The molecule has 0 bridgehead atoms. The zero-order chi connectivity index (χ0) is 17.2. The predicted molar refractivity (Wildman–Crippen MR) is 86.9 cm³/mol. The molecule has 0 atom stereocenters. The Kier molecular flexibility index (Phi) is 5.12. The molecule has 6 heteroatoms. The fourth-order valence-corrected chi connectivity index (χ4v) is 2.89. The number of rotatable bonds is 3. The van der Waals surface area contributed by atoms with Crippen LogP contribution in [-0.2, 0) is 16.0 Å². The van der Waals surface area contributed by atoms with Crippen LogP contribution in [0.1, 0.15) is 50.6 Å². The minimum Gasteiger partial charge on any atom is -0.361 e. The first kappa shape index (κ1) is 17.5. The van der Waals surface area contributed by atoms with Crippen molar-refractivity contribution in [2.75, 3.05) is 13.1 Å². The molecular formula is C17H27N3O3. The number of nitrogens with zero attached hydrogens (tertiary/aromatic N) is 2. The summed E-state index contributed by atoms with van der Waals surface area (Å²) in [5, 5.41) is 6.93. The molecule has 0 aliphatic carbocycles. The summed E-state index contributed by atoms with van der Waals surface area (Å²) < 4.78 is 5.08. The molecule has 1 fully saturated rings. The van der Waals surface area contributed by atoms with Crippen LogP contribution in [0.25, 0.3) is 0 Å². The molecule has 1 aliphatic heterocycles. The third-order valence-corrected chi connectivity index (χ3v) is 4.31.